The molecule has 2 aromatic rings. The van der Waals surface area contributed by atoms with Crippen LogP contribution in [0.1, 0.15) is 19.9 Å². The van der Waals surface area contributed by atoms with Gasteiger partial charge in [0, 0.05) is 20.1 Å². The van der Waals surface area contributed by atoms with E-state index in [1.165, 1.54) is 16.2 Å². The molecule has 8 nitrogen and oxygen atoms in total. The molecule has 98 valence electrons. The predicted octanol–water partition coefficient (Wildman–Crippen LogP) is -0.700. The summed E-state index contributed by atoms with van der Waals surface area (Å²) >= 11 is 0. The minimum Gasteiger partial charge on any atom is -0.306 e. The Morgan fingerprint density at radius 2 is 1.83 bits per heavy atom. The number of aryl methyl sites for hydroxylation is 1. The molecular weight excluding hydrogens is 236 g/mol. The minimum absolute atomic E-state index is 0.104. The van der Waals surface area contributed by atoms with Crippen molar-refractivity contribution in [3.8, 4) is 0 Å². The van der Waals surface area contributed by atoms with Gasteiger partial charge in [0.15, 0.2) is 11.2 Å². The Hall–Kier alpha value is -2.09. The second kappa shape index (κ2) is 3.98. The lowest BCUT2D eigenvalue weighted by atomic mass is 10.3. The first-order valence-corrected chi connectivity index (χ1v) is 5.54. The highest BCUT2D eigenvalue weighted by molar-refractivity contribution is 5.74. The van der Waals surface area contributed by atoms with Crippen LogP contribution in [0.25, 0.3) is 11.2 Å². The Morgan fingerprint density at radius 1 is 1.22 bits per heavy atom. The van der Waals surface area contributed by atoms with Crippen LogP contribution < -0.4 is 22.5 Å². The summed E-state index contributed by atoms with van der Waals surface area (Å²) in [7, 11) is 3.12. The van der Waals surface area contributed by atoms with Gasteiger partial charge >= 0.3 is 5.69 Å². The molecule has 0 aliphatic heterocycles. The Morgan fingerprint density at radius 3 is 2.33 bits per heavy atom. The lowest BCUT2D eigenvalue weighted by Crippen LogP contribution is -2.39. The molecular formula is C10H16N6O2. The van der Waals surface area contributed by atoms with Crippen molar-refractivity contribution >= 4 is 17.1 Å². The largest absolute Gasteiger partial charge is 0.332 e. The van der Waals surface area contributed by atoms with Gasteiger partial charge in [0.1, 0.15) is 0 Å². The maximum atomic E-state index is 12.1. The summed E-state index contributed by atoms with van der Waals surface area (Å²) in [5, 5.41) is 0. The van der Waals surface area contributed by atoms with E-state index in [0.29, 0.717) is 17.1 Å². The van der Waals surface area contributed by atoms with Gasteiger partial charge in [-0.15, -0.1) is 0 Å². The van der Waals surface area contributed by atoms with Crippen molar-refractivity contribution in [3.63, 3.8) is 0 Å². The fourth-order valence-electron chi connectivity index (χ4n) is 1.98. The van der Waals surface area contributed by atoms with E-state index in [2.05, 4.69) is 10.4 Å². The number of fused-ring (bicyclic) bond motifs is 1. The Labute approximate surface area is 103 Å². The number of nitrogens with two attached hydrogens (primary N) is 1. The molecule has 0 saturated carbocycles. The maximum Gasteiger partial charge on any atom is 0.332 e. The third-order valence-electron chi connectivity index (χ3n) is 2.95. The lowest BCUT2D eigenvalue weighted by molar-refractivity contribution is 0.552. The van der Waals surface area contributed by atoms with Gasteiger partial charge in [-0.05, 0) is 13.8 Å². The molecule has 0 aliphatic carbocycles. The molecule has 0 aromatic carbocycles. The predicted molar refractivity (Wildman–Crippen MR) is 68.4 cm³/mol. The Balaban J connectivity index is 3.10. The monoisotopic (exact) mass is 252 g/mol. The van der Waals surface area contributed by atoms with Crippen molar-refractivity contribution in [1.29, 1.82) is 0 Å². The molecule has 0 amide bonds. The lowest BCUT2D eigenvalue weighted by Gasteiger charge is -2.11. The van der Waals surface area contributed by atoms with Crippen molar-refractivity contribution in [3.05, 3.63) is 20.8 Å². The highest BCUT2D eigenvalue weighted by Crippen LogP contribution is 2.15. The first-order valence-electron chi connectivity index (χ1n) is 5.54. The number of anilines is 1. The summed E-state index contributed by atoms with van der Waals surface area (Å²) in [4.78, 5) is 28.4. The van der Waals surface area contributed by atoms with Crippen LogP contribution in [-0.2, 0) is 14.1 Å². The molecule has 0 bridgehead atoms. The van der Waals surface area contributed by atoms with E-state index in [-0.39, 0.29) is 17.3 Å². The SMILES string of the molecule is CC(C)n1c(=O)n(C)c(=O)c2c1nc(NN)n2C. The summed E-state index contributed by atoms with van der Waals surface area (Å²) in [6, 6.07) is -0.104. The average molecular weight is 252 g/mol. The van der Waals surface area contributed by atoms with E-state index in [0.717, 1.165) is 4.57 Å². The molecule has 0 unspecified atom stereocenters. The molecule has 2 aromatic heterocycles. The van der Waals surface area contributed by atoms with Crippen molar-refractivity contribution in [1.82, 2.24) is 18.7 Å². The van der Waals surface area contributed by atoms with Crippen LogP contribution in [0, 0.1) is 0 Å². The van der Waals surface area contributed by atoms with Crippen LogP contribution >= 0.6 is 0 Å². The van der Waals surface area contributed by atoms with Crippen molar-refractivity contribution in [2.75, 3.05) is 5.43 Å². The van der Waals surface area contributed by atoms with Gasteiger partial charge in [-0.1, -0.05) is 0 Å². The number of hydrogen-bond donors (Lipinski definition) is 2. The first-order chi connectivity index (χ1) is 8.40. The molecule has 3 N–H and O–H groups in total. The summed E-state index contributed by atoms with van der Waals surface area (Å²) in [6.07, 6.45) is 0. The smallest absolute Gasteiger partial charge is 0.306 e. The normalized spacial score (nSPS) is 11.4. The fraction of sp³-hybridized carbons (Fsp3) is 0.500. The molecule has 0 spiro atoms. The van der Waals surface area contributed by atoms with Gasteiger partial charge in [0.25, 0.3) is 5.56 Å². The molecule has 0 fully saturated rings. The van der Waals surface area contributed by atoms with E-state index in [4.69, 9.17) is 5.84 Å². The highest BCUT2D eigenvalue weighted by atomic mass is 16.2. The second-order valence-corrected chi connectivity index (χ2v) is 4.42. The van der Waals surface area contributed by atoms with Crippen LogP contribution in [0.2, 0.25) is 0 Å². The van der Waals surface area contributed by atoms with Gasteiger partial charge in [0.05, 0.1) is 0 Å². The van der Waals surface area contributed by atoms with Crippen LogP contribution in [0.3, 0.4) is 0 Å². The quantitative estimate of drug-likeness (QED) is 0.544. The third kappa shape index (κ3) is 1.46. The highest BCUT2D eigenvalue weighted by Gasteiger charge is 2.19. The molecule has 0 atom stereocenters. The summed E-state index contributed by atoms with van der Waals surface area (Å²) in [5.74, 6) is 5.67. The van der Waals surface area contributed by atoms with Crippen LogP contribution in [-0.4, -0.2) is 18.7 Å². The van der Waals surface area contributed by atoms with Gasteiger partial charge in [-0.25, -0.2) is 10.6 Å². The number of hydrogen-bond acceptors (Lipinski definition) is 5. The number of aromatic nitrogens is 4. The molecule has 0 aliphatic rings. The van der Waals surface area contributed by atoms with Crippen molar-refractivity contribution in [2.45, 2.75) is 19.9 Å². The van der Waals surface area contributed by atoms with Gasteiger partial charge in [0.2, 0.25) is 5.95 Å². The number of hydrazine groups is 1. The van der Waals surface area contributed by atoms with E-state index < -0.39 is 0 Å². The van der Waals surface area contributed by atoms with Crippen molar-refractivity contribution in [2.24, 2.45) is 19.9 Å². The van der Waals surface area contributed by atoms with E-state index in [9.17, 15) is 9.59 Å². The molecule has 8 heteroatoms. The minimum atomic E-state index is -0.386. The van der Waals surface area contributed by atoms with E-state index >= 15 is 0 Å². The number of imidazole rings is 1. The topological polar surface area (TPSA) is 99.9 Å². The van der Waals surface area contributed by atoms with E-state index in [1.54, 1.807) is 7.05 Å². The third-order valence-corrected chi connectivity index (χ3v) is 2.95. The van der Waals surface area contributed by atoms with Crippen LogP contribution in [0.5, 0.6) is 0 Å². The fourth-order valence-corrected chi connectivity index (χ4v) is 1.98. The summed E-state index contributed by atoms with van der Waals surface area (Å²) in [6.45, 7) is 3.71. The zero-order valence-corrected chi connectivity index (χ0v) is 10.8. The van der Waals surface area contributed by atoms with Crippen LogP contribution in [0.4, 0.5) is 5.95 Å². The van der Waals surface area contributed by atoms with Crippen molar-refractivity contribution < 1.29 is 0 Å². The number of nitrogens with one attached hydrogen (secondary N) is 1. The molecule has 2 rings (SSSR count). The van der Waals surface area contributed by atoms with Crippen LogP contribution in [0.15, 0.2) is 9.59 Å². The second-order valence-electron chi connectivity index (χ2n) is 4.42. The average Bonchev–Trinajstić information content (AvgIpc) is 2.63. The molecule has 0 radical (unpaired) electrons. The molecule has 0 saturated heterocycles. The summed E-state index contributed by atoms with van der Waals surface area (Å²) < 4.78 is 4.08. The Bertz CT molecular complexity index is 721. The number of nitrogen functional groups attached to an aromatic ring is 1. The number of nitrogens with zero attached hydrogens (tertiary/aromatic N) is 4. The van der Waals surface area contributed by atoms with Gasteiger partial charge < -0.3 is 4.57 Å². The Kier molecular flexibility index (Phi) is 2.74. The zero-order valence-electron chi connectivity index (χ0n) is 10.8. The first kappa shape index (κ1) is 12.4. The van der Waals surface area contributed by atoms with Gasteiger partial charge in [-0.3, -0.25) is 19.4 Å². The summed E-state index contributed by atoms with van der Waals surface area (Å²) in [5.41, 5.74) is 2.32. The van der Waals surface area contributed by atoms with Gasteiger partial charge in [-0.2, -0.15) is 4.98 Å². The zero-order chi connectivity index (χ0) is 13.6. The molecule has 18 heavy (non-hydrogen) atoms. The maximum absolute atomic E-state index is 12.1. The standard InChI is InChI=1S/C10H16N6O2/c1-5(2)16-7-6(8(17)15(4)10(16)18)14(3)9(12-7)13-11/h5H,11H2,1-4H3,(H,12,13). The molecule has 2 heterocycles. The number of rotatable bonds is 2. The van der Waals surface area contributed by atoms with E-state index in [1.807, 2.05) is 13.8 Å².